The average Bonchev–Trinajstić information content (AvgIpc) is 2.58. The second-order valence-electron chi connectivity index (χ2n) is 4.91. The van der Waals surface area contributed by atoms with E-state index in [0.717, 1.165) is 0 Å². The van der Waals surface area contributed by atoms with Gasteiger partial charge >= 0.3 is 11.9 Å². The van der Waals surface area contributed by atoms with Gasteiger partial charge in [0.15, 0.2) is 6.61 Å². The Morgan fingerprint density at radius 1 is 1.27 bits per heavy atom. The van der Waals surface area contributed by atoms with Gasteiger partial charge in [-0.15, -0.1) is 0 Å². The lowest BCUT2D eigenvalue weighted by molar-refractivity contribution is 0.0695. The average molecular weight is 359 g/mol. The summed E-state index contributed by atoms with van der Waals surface area (Å²) in [6, 6.07) is 5.81. The molecule has 10 heteroatoms. The monoisotopic (exact) mass is 359 g/mol. The lowest BCUT2D eigenvalue weighted by atomic mass is 9.94. The van der Waals surface area contributed by atoms with E-state index in [4.69, 9.17) is 20.5 Å². The maximum absolute atomic E-state index is 12.1. The van der Waals surface area contributed by atoms with Crippen LogP contribution in [0, 0.1) is 11.3 Å². The molecule has 1 aromatic heterocycles. The van der Waals surface area contributed by atoms with Crippen molar-refractivity contribution in [2.24, 2.45) is 0 Å². The maximum Gasteiger partial charge on any atom is 0.342 e. The van der Waals surface area contributed by atoms with Crippen molar-refractivity contribution in [1.29, 1.82) is 5.26 Å². The fourth-order valence-electron chi connectivity index (χ4n) is 2.38. The first-order chi connectivity index (χ1) is 12.3. The third-order valence-electron chi connectivity index (χ3n) is 3.42. The van der Waals surface area contributed by atoms with Gasteiger partial charge < -0.3 is 30.4 Å². The topological polar surface area (TPSA) is 176 Å². The molecule has 2 aromatic rings. The molecule has 0 spiro atoms. The zero-order chi connectivity index (χ0) is 19.4. The van der Waals surface area contributed by atoms with Gasteiger partial charge in [-0.3, -0.25) is 4.79 Å². The Balaban J connectivity index is 2.95. The molecule has 0 atom stereocenters. The number of aromatic amines is 1. The molecule has 0 radical (unpaired) electrons. The molecule has 0 amide bonds. The standard InChI is InChI=1S/C16H13N3O7/c1-25-7-2-3-8(9(6-7)26-5-4-17)10-11(15(21)22)13(18)19-14(20)12(10)16(23)24/h2-3,6H,5H2,1H3,(H,21,22)(H,23,24)(H3,18,19,20). The predicted molar refractivity (Wildman–Crippen MR) is 88.5 cm³/mol. The summed E-state index contributed by atoms with van der Waals surface area (Å²) in [5.74, 6) is -3.43. The van der Waals surface area contributed by atoms with Crippen LogP contribution in [0.3, 0.4) is 0 Å². The van der Waals surface area contributed by atoms with Crippen LogP contribution in [0.5, 0.6) is 11.5 Å². The van der Waals surface area contributed by atoms with E-state index in [0.29, 0.717) is 5.75 Å². The van der Waals surface area contributed by atoms with Gasteiger partial charge in [0.25, 0.3) is 5.56 Å². The Hall–Kier alpha value is -4.00. The van der Waals surface area contributed by atoms with Crippen LogP contribution in [0.4, 0.5) is 5.82 Å². The number of nitriles is 1. The van der Waals surface area contributed by atoms with E-state index in [-0.39, 0.29) is 11.3 Å². The minimum Gasteiger partial charge on any atom is -0.497 e. The SMILES string of the molecule is COc1ccc(-c2c(C(=O)O)c(N)[nH]c(=O)c2C(=O)O)c(OCC#N)c1. The minimum atomic E-state index is -1.65. The minimum absolute atomic E-state index is 0.0337. The summed E-state index contributed by atoms with van der Waals surface area (Å²) in [5.41, 5.74) is 2.64. The number of carboxylic acid groups (broad SMARTS) is 2. The zero-order valence-electron chi connectivity index (χ0n) is 13.4. The Morgan fingerprint density at radius 3 is 2.46 bits per heavy atom. The number of pyridine rings is 1. The molecule has 1 heterocycles. The number of carboxylic acids is 2. The van der Waals surface area contributed by atoms with Crippen LogP contribution in [0.15, 0.2) is 23.0 Å². The molecule has 0 aliphatic carbocycles. The second-order valence-corrected chi connectivity index (χ2v) is 4.91. The normalized spacial score (nSPS) is 10.0. The summed E-state index contributed by atoms with van der Waals surface area (Å²) in [6.07, 6.45) is 0. The molecule has 5 N–H and O–H groups in total. The highest BCUT2D eigenvalue weighted by Crippen LogP contribution is 2.38. The van der Waals surface area contributed by atoms with Crippen LogP contribution in [0.25, 0.3) is 11.1 Å². The van der Waals surface area contributed by atoms with Crippen LogP contribution in [-0.4, -0.2) is 40.9 Å². The molecule has 0 unspecified atom stereocenters. The lowest BCUT2D eigenvalue weighted by Crippen LogP contribution is -2.24. The number of nitrogens with two attached hydrogens (primary N) is 1. The number of aromatic nitrogens is 1. The van der Waals surface area contributed by atoms with Crippen molar-refractivity contribution in [2.75, 3.05) is 19.5 Å². The molecule has 0 bridgehead atoms. The number of aromatic carboxylic acids is 2. The Bertz CT molecular complexity index is 989. The highest BCUT2D eigenvalue weighted by Gasteiger charge is 2.28. The van der Waals surface area contributed by atoms with Crippen molar-refractivity contribution < 1.29 is 29.3 Å². The number of nitrogens with zero attached hydrogens (tertiary/aromatic N) is 1. The molecular weight excluding hydrogens is 346 g/mol. The summed E-state index contributed by atoms with van der Waals surface area (Å²) in [7, 11) is 1.37. The van der Waals surface area contributed by atoms with E-state index in [9.17, 15) is 24.6 Å². The van der Waals surface area contributed by atoms with Crippen LogP contribution in [-0.2, 0) is 0 Å². The number of nitrogen functional groups attached to an aromatic ring is 1. The number of benzene rings is 1. The van der Waals surface area contributed by atoms with Crippen molar-refractivity contribution in [3.8, 4) is 28.7 Å². The smallest absolute Gasteiger partial charge is 0.342 e. The van der Waals surface area contributed by atoms with Crippen molar-refractivity contribution in [2.45, 2.75) is 0 Å². The first-order valence-electron chi connectivity index (χ1n) is 7.02. The molecule has 0 aliphatic heterocycles. The molecular formula is C16H13N3O7. The number of nitrogens with one attached hydrogen (secondary N) is 1. The molecule has 10 nitrogen and oxygen atoms in total. The highest BCUT2D eigenvalue weighted by molar-refractivity contribution is 6.08. The van der Waals surface area contributed by atoms with Gasteiger partial charge in [0.05, 0.1) is 7.11 Å². The fraction of sp³-hybridized carbons (Fsp3) is 0.125. The number of hydrogen-bond acceptors (Lipinski definition) is 7. The van der Waals surface area contributed by atoms with Gasteiger partial charge in [-0.1, -0.05) is 0 Å². The van der Waals surface area contributed by atoms with Crippen molar-refractivity contribution in [3.05, 3.63) is 39.7 Å². The summed E-state index contributed by atoms with van der Waals surface area (Å²) in [4.78, 5) is 37.3. The number of ether oxygens (including phenoxy) is 2. The Morgan fingerprint density at radius 2 is 1.92 bits per heavy atom. The number of carbonyl (C=O) groups is 2. The van der Waals surface area contributed by atoms with E-state index in [1.165, 1.54) is 25.3 Å². The van der Waals surface area contributed by atoms with Crippen LogP contribution in [0.2, 0.25) is 0 Å². The van der Waals surface area contributed by atoms with Gasteiger partial charge in [-0.2, -0.15) is 5.26 Å². The third kappa shape index (κ3) is 3.27. The van der Waals surface area contributed by atoms with E-state index < -0.39 is 46.6 Å². The van der Waals surface area contributed by atoms with Crippen LogP contribution >= 0.6 is 0 Å². The fourth-order valence-corrected chi connectivity index (χ4v) is 2.38. The van der Waals surface area contributed by atoms with E-state index in [1.54, 1.807) is 6.07 Å². The highest BCUT2D eigenvalue weighted by atomic mass is 16.5. The van der Waals surface area contributed by atoms with Gasteiger partial charge in [-0.25, -0.2) is 9.59 Å². The lowest BCUT2D eigenvalue weighted by Gasteiger charge is -2.16. The number of anilines is 1. The van der Waals surface area contributed by atoms with Crippen LogP contribution < -0.4 is 20.8 Å². The Labute approximate surface area is 146 Å². The molecule has 0 saturated heterocycles. The summed E-state index contributed by atoms with van der Waals surface area (Å²) in [6.45, 7) is -0.399. The van der Waals surface area contributed by atoms with E-state index >= 15 is 0 Å². The summed E-state index contributed by atoms with van der Waals surface area (Å²) in [5, 5.41) is 27.6. The molecule has 0 aliphatic rings. The molecule has 134 valence electrons. The summed E-state index contributed by atoms with van der Waals surface area (Å²) >= 11 is 0. The van der Waals surface area contributed by atoms with Crippen molar-refractivity contribution in [3.63, 3.8) is 0 Å². The second kappa shape index (κ2) is 7.27. The van der Waals surface area contributed by atoms with E-state index in [1.807, 2.05) is 4.98 Å². The molecule has 26 heavy (non-hydrogen) atoms. The van der Waals surface area contributed by atoms with Crippen molar-refractivity contribution in [1.82, 2.24) is 4.98 Å². The van der Waals surface area contributed by atoms with Gasteiger partial charge in [0, 0.05) is 17.2 Å². The summed E-state index contributed by atoms with van der Waals surface area (Å²) < 4.78 is 10.3. The maximum atomic E-state index is 12.1. The quantitative estimate of drug-likeness (QED) is 0.584. The first-order valence-corrected chi connectivity index (χ1v) is 7.02. The number of hydrogen-bond donors (Lipinski definition) is 4. The van der Waals surface area contributed by atoms with Gasteiger partial charge in [0.1, 0.15) is 34.5 Å². The first kappa shape index (κ1) is 18.3. The van der Waals surface area contributed by atoms with Crippen LogP contribution in [0.1, 0.15) is 20.7 Å². The molecule has 1 aromatic carbocycles. The third-order valence-corrected chi connectivity index (χ3v) is 3.42. The largest absolute Gasteiger partial charge is 0.497 e. The van der Waals surface area contributed by atoms with E-state index in [2.05, 4.69) is 0 Å². The Kier molecular flexibility index (Phi) is 5.13. The van der Waals surface area contributed by atoms with Gasteiger partial charge in [0.2, 0.25) is 0 Å². The number of methoxy groups -OCH3 is 1. The van der Waals surface area contributed by atoms with Gasteiger partial charge in [-0.05, 0) is 12.1 Å². The molecule has 0 saturated carbocycles. The zero-order valence-corrected chi connectivity index (χ0v) is 13.4. The van der Waals surface area contributed by atoms with Crippen molar-refractivity contribution >= 4 is 17.8 Å². The number of H-pyrrole nitrogens is 1. The number of rotatable bonds is 6. The molecule has 0 fully saturated rings. The molecule has 2 rings (SSSR count). The predicted octanol–water partition coefficient (Wildman–Crippen LogP) is 0.931.